The average Bonchev–Trinajstić information content (AvgIpc) is 2.87. The molecule has 19 heavy (non-hydrogen) atoms. The van der Waals surface area contributed by atoms with Crippen molar-refractivity contribution in [3.63, 3.8) is 0 Å². The molecule has 1 aromatic heterocycles. The number of nitrogens with zero attached hydrogens (tertiary/aromatic N) is 3. The molecule has 1 saturated heterocycles. The van der Waals surface area contributed by atoms with Crippen LogP contribution >= 0.6 is 11.3 Å². The van der Waals surface area contributed by atoms with E-state index in [4.69, 9.17) is 4.74 Å². The number of hydrogen-bond donors (Lipinski definition) is 1. The maximum Gasteiger partial charge on any atom is 0.284 e. The Morgan fingerprint density at radius 1 is 1.58 bits per heavy atom. The summed E-state index contributed by atoms with van der Waals surface area (Å²) in [6, 6.07) is 0. The van der Waals surface area contributed by atoms with Gasteiger partial charge >= 0.3 is 0 Å². The fourth-order valence-electron chi connectivity index (χ4n) is 2.19. The number of nitrogens with one attached hydrogen (secondary N) is 1. The average molecular weight is 284 g/mol. The van der Waals surface area contributed by atoms with Crippen molar-refractivity contribution in [3.8, 4) is 0 Å². The molecule has 0 saturated carbocycles. The van der Waals surface area contributed by atoms with E-state index in [1.807, 2.05) is 11.8 Å². The highest BCUT2D eigenvalue weighted by Gasteiger charge is 2.30. The Balaban J connectivity index is 2.02. The summed E-state index contributed by atoms with van der Waals surface area (Å²) in [4.78, 5) is 14.1. The monoisotopic (exact) mass is 284 g/mol. The van der Waals surface area contributed by atoms with Crippen molar-refractivity contribution in [1.29, 1.82) is 0 Å². The van der Waals surface area contributed by atoms with E-state index in [-0.39, 0.29) is 12.0 Å². The molecule has 106 valence electrons. The van der Waals surface area contributed by atoms with Gasteiger partial charge in [-0.15, -0.1) is 10.2 Å². The van der Waals surface area contributed by atoms with Crippen molar-refractivity contribution in [2.45, 2.75) is 26.4 Å². The summed E-state index contributed by atoms with van der Waals surface area (Å²) in [6.45, 7) is 6.31. The molecule has 6 nitrogen and oxygen atoms in total. The van der Waals surface area contributed by atoms with E-state index in [9.17, 15) is 4.79 Å². The van der Waals surface area contributed by atoms with Crippen LogP contribution in [0, 0.1) is 5.92 Å². The maximum absolute atomic E-state index is 12.3. The van der Waals surface area contributed by atoms with Gasteiger partial charge in [-0.25, -0.2) is 0 Å². The number of likely N-dealkylation sites (tertiary alicyclic amines) is 1. The van der Waals surface area contributed by atoms with Crippen LogP contribution < -0.4 is 5.32 Å². The van der Waals surface area contributed by atoms with E-state index >= 15 is 0 Å². The Labute approximate surface area is 117 Å². The molecule has 2 unspecified atom stereocenters. The first-order valence-corrected chi connectivity index (χ1v) is 7.36. The molecule has 1 fully saturated rings. The second-order valence-electron chi connectivity index (χ2n) is 4.73. The van der Waals surface area contributed by atoms with E-state index < -0.39 is 0 Å². The summed E-state index contributed by atoms with van der Waals surface area (Å²) < 4.78 is 5.42. The molecule has 0 bridgehead atoms. The number of amides is 1. The first-order chi connectivity index (χ1) is 9.15. The van der Waals surface area contributed by atoms with Gasteiger partial charge in [0.25, 0.3) is 5.91 Å². The van der Waals surface area contributed by atoms with Gasteiger partial charge in [-0.1, -0.05) is 18.3 Å². The number of ether oxygens (including phenoxy) is 1. The fourth-order valence-corrected chi connectivity index (χ4v) is 2.97. The van der Waals surface area contributed by atoms with Crippen LogP contribution in [0.5, 0.6) is 0 Å². The highest BCUT2D eigenvalue weighted by molar-refractivity contribution is 7.17. The standard InChI is InChI=1S/C12H20N4O2S/c1-4-13-12-15-14-10(19-12)11(17)16-6-5-8(2)9(7-16)18-3/h8-9H,4-7H2,1-3H3,(H,13,15). The summed E-state index contributed by atoms with van der Waals surface area (Å²) in [5.41, 5.74) is 0. The molecule has 1 N–H and O–H groups in total. The number of carbonyl (C=O) groups excluding carboxylic acids is 1. The van der Waals surface area contributed by atoms with Crippen LogP contribution in [0.1, 0.15) is 30.1 Å². The minimum absolute atomic E-state index is 0.0457. The number of aromatic nitrogens is 2. The van der Waals surface area contributed by atoms with Gasteiger partial charge in [-0.2, -0.15) is 0 Å². The number of rotatable bonds is 4. The fraction of sp³-hybridized carbons (Fsp3) is 0.750. The molecule has 1 aromatic rings. The number of anilines is 1. The van der Waals surface area contributed by atoms with Crippen LogP contribution in [0.25, 0.3) is 0 Å². The minimum atomic E-state index is -0.0457. The van der Waals surface area contributed by atoms with Crippen molar-refractivity contribution in [1.82, 2.24) is 15.1 Å². The van der Waals surface area contributed by atoms with Crippen molar-refractivity contribution < 1.29 is 9.53 Å². The largest absolute Gasteiger partial charge is 0.379 e. The smallest absolute Gasteiger partial charge is 0.284 e. The quantitative estimate of drug-likeness (QED) is 0.907. The Bertz CT molecular complexity index is 437. The molecule has 1 amide bonds. The maximum atomic E-state index is 12.3. The SMILES string of the molecule is CCNc1nnc(C(=O)N2CCC(C)C(OC)C2)s1. The Morgan fingerprint density at radius 3 is 3.05 bits per heavy atom. The molecule has 1 aliphatic rings. The summed E-state index contributed by atoms with van der Waals surface area (Å²) in [5, 5.41) is 12.1. The summed E-state index contributed by atoms with van der Waals surface area (Å²) >= 11 is 1.30. The second-order valence-corrected chi connectivity index (χ2v) is 5.71. The first kappa shape index (κ1) is 14.2. The van der Waals surface area contributed by atoms with E-state index in [1.54, 1.807) is 7.11 Å². The summed E-state index contributed by atoms with van der Waals surface area (Å²) in [6.07, 6.45) is 1.07. The number of carbonyl (C=O) groups is 1. The van der Waals surface area contributed by atoms with Crippen molar-refractivity contribution >= 4 is 22.4 Å². The Hall–Kier alpha value is -1.21. The van der Waals surface area contributed by atoms with Crippen LogP contribution in [0.3, 0.4) is 0 Å². The van der Waals surface area contributed by atoms with E-state index in [1.165, 1.54) is 11.3 Å². The lowest BCUT2D eigenvalue weighted by Gasteiger charge is -2.35. The molecule has 2 heterocycles. The number of hydrogen-bond acceptors (Lipinski definition) is 6. The predicted octanol–water partition coefficient (Wildman–Crippen LogP) is 1.47. The van der Waals surface area contributed by atoms with Gasteiger partial charge in [0, 0.05) is 26.7 Å². The van der Waals surface area contributed by atoms with Crippen LogP contribution in [-0.4, -0.2) is 53.9 Å². The number of methoxy groups -OCH3 is 1. The first-order valence-electron chi connectivity index (χ1n) is 6.55. The van der Waals surface area contributed by atoms with E-state index in [0.29, 0.717) is 22.6 Å². The van der Waals surface area contributed by atoms with Gasteiger partial charge in [-0.3, -0.25) is 4.79 Å². The van der Waals surface area contributed by atoms with Gasteiger partial charge in [0.05, 0.1) is 6.10 Å². The van der Waals surface area contributed by atoms with Crippen molar-refractivity contribution in [3.05, 3.63) is 5.01 Å². The van der Waals surface area contributed by atoms with Gasteiger partial charge in [-0.05, 0) is 19.3 Å². The Morgan fingerprint density at radius 2 is 2.37 bits per heavy atom. The molecule has 0 radical (unpaired) electrons. The topological polar surface area (TPSA) is 67.4 Å². The lowest BCUT2D eigenvalue weighted by molar-refractivity contribution is -0.00160. The van der Waals surface area contributed by atoms with Crippen molar-refractivity contribution in [2.75, 3.05) is 32.1 Å². The van der Waals surface area contributed by atoms with Gasteiger partial charge in [0.1, 0.15) is 0 Å². The third kappa shape index (κ3) is 3.22. The van der Waals surface area contributed by atoms with Gasteiger partial charge in [0.2, 0.25) is 10.1 Å². The molecular weight excluding hydrogens is 264 g/mol. The number of piperidine rings is 1. The molecule has 7 heteroatoms. The van der Waals surface area contributed by atoms with Crippen LogP contribution in [0.2, 0.25) is 0 Å². The molecule has 0 aromatic carbocycles. The van der Waals surface area contributed by atoms with Crippen molar-refractivity contribution in [2.24, 2.45) is 5.92 Å². The van der Waals surface area contributed by atoms with Gasteiger partial charge < -0.3 is 15.0 Å². The summed E-state index contributed by atoms with van der Waals surface area (Å²) in [5.74, 6) is 0.441. The van der Waals surface area contributed by atoms with E-state index in [0.717, 1.165) is 19.5 Å². The lowest BCUT2D eigenvalue weighted by Crippen LogP contribution is -2.46. The molecule has 0 aliphatic carbocycles. The molecule has 2 atom stereocenters. The third-order valence-electron chi connectivity index (χ3n) is 3.42. The summed E-state index contributed by atoms with van der Waals surface area (Å²) in [7, 11) is 1.70. The minimum Gasteiger partial charge on any atom is -0.379 e. The van der Waals surface area contributed by atoms with Gasteiger partial charge in [0.15, 0.2) is 0 Å². The van der Waals surface area contributed by atoms with Crippen LogP contribution in [-0.2, 0) is 4.74 Å². The Kier molecular flexibility index (Phi) is 4.71. The molecule has 1 aliphatic heterocycles. The second kappa shape index (κ2) is 6.29. The highest BCUT2D eigenvalue weighted by Crippen LogP contribution is 2.23. The zero-order valence-corrected chi connectivity index (χ0v) is 12.4. The normalized spacial score (nSPS) is 23.4. The van der Waals surface area contributed by atoms with Crippen LogP contribution in [0.4, 0.5) is 5.13 Å². The zero-order chi connectivity index (χ0) is 13.8. The van der Waals surface area contributed by atoms with Crippen LogP contribution in [0.15, 0.2) is 0 Å². The predicted molar refractivity (Wildman–Crippen MR) is 74.6 cm³/mol. The molecule has 0 spiro atoms. The third-order valence-corrected chi connectivity index (χ3v) is 4.28. The van der Waals surface area contributed by atoms with E-state index in [2.05, 4.69) is 22.4 Å². The lowest BCUT2D eigenvalue weighted by atomic mass is 9.96. The zero-order valence-electron chi connectivity index (χ0n) is 11.5. The molecular formula is C12H20N4O2S. The molecule has 2 rings (SSSR count). The highest BCUT2D eigenvalue weighted by atomic mass is 32.1.